The summed E-state index contributed by atoms with van der Waals surface area (Å²) in [5, 5.41) is 13.4. The van der Waals surface area contributed by atoms with Gasteiger partial charge in [0.05, 0.1) is 6.10 Å². The lowest BCUT2D eigenvalue weighted by atomic mass is 9.86. The van der Waals surface area contributed by atoms with Gasteiger partial charge in [-0.3, -0.25) is 0 Å². The Morgan fingerprint density at radius 2 is 1.32 bits per heavy atom. The largest absolute Gasteiger partial charge is 0.391 e. The van der Waals surface area contributed by atoms with Crippen molar-refractivity contribution in [2.24, 2.45) is 0 Å². The minimum absolute atomic E-state index is 0. The van der Waals surface area contributed by atoms with E-state index in [1.807, 2.05) is 43.4 Å². The molecule has 2 rings (SSSR count). The Morgan fingerprint density at radius 1 is 0.895 bits per heavy atom. The van der Waals surface area contributed by atoms with Crippen molar-refractivity contribution in [3.8, 4) is 0 Å². The zero-order chi connectivity index (χ0) is 12.8. The molecule has 0 bridgehead atoms. The fourth-order valence-corrected chi connectivity index (χ4v) is 2.28. The molecule has 0 fully saturated rings. The summed E-state index contributed by atoms with van der Waals surface area (Å²) in [6.45, 7) is 0.578. The highest BCUT2D eigenvalue weighted by atomic mass is 35.5. The molecule has 102 valence electrons. The van der Waals surface area contributed by atoms with Gasteiger partial charge in [-0.2, -0.15) is 0 Å². The number of halogens is 1. The summed E-state index contributed by atoms with van der Waals surface area (Å²) in [5.74, 6) is 0.0137. The molecule has 2 aromatic rings. The molecule has 2 nitrogen and oxygen atoms in total. The normalized spacial score (nSPS) is 11.9. The van der Waals surface area contributed by atoms with E-state index in [9.17, 15) is 5.11 Å². The summed E-state index contributed by atoms with van der Waals surface area (Å²) in [4.78, 5) is 0. The second-order valence-electron chi connectivity index (χ2n) is 4.42. The molecule has 0 aliphatic carbocycles. The molecule has 0 spiro atoms. The second kappa shape index (κ2) is 7.95. The van der Waals surface area contributed by atoms with Gasteiger partial charge < -0.3 is 10.4 Å². The van der Waals surface area contributed by atoms with Crippen LogP contribution in [-0.4, -0.2) is 24.8 Å². The number of rotatable bonds is 5. The van der Waals surface area contributed by atoms with Crippen LogP contribution in [0.3, 0.4) is 0 Å². The van der Waals surface area contributed by atoms with Crippen LogP contribution in [0.15, 0.2) is 60.7 Å². The molecule has 0 amide bonds. The van der Waals surface area contributed by atoms with Crippen LogP contribution in [-0.2, 0) is 0 Å². The third-order valence-electron chi connectivity index (χ3n) is 3.12. The molecule has 19 heavy (non-hydrogen) atoms. The molecular formula is C16H20ClNO. The highest BCUT2D eigenvalue weighted by Gasteiger charge is 2.21. The average molecular weight is 278 g/mol. The monoisotopic (exact) mass is 277 g/mol. The molecule has 3 heteroatoms. The van der Waals surface area contributed by atoms with E-state index in [0.717, 1.165) is 11.1 Å². The lowest BCUT2D eigenvalue weighted by molar-refractivity contribution is 0.156. The van der Waals surface area contributed by atoms with E-state index in [1.165, 1.54) is 0 Å². The molecule has 0 aliphatic heterocycles. The third-order valence-corrected chi connectivity index (χ3v) is 3.12. The fraction of sp³-hybridized carbons (Fsp3) is 0.250. The van der Waals surface area contributed by atoms with E-state index in [1.54, 1.807) is 0 Å². The van der Waals surface area contributed by atoms with Crippen LogP contribution in [0.2, 0.25) is 0 Å². The van der Waals surface area contributed by atoms with Gasteiger partial charge in [0.2, 0.25) is 0 Å². The molecule has 0 aliphatic rings. The number of aliphatic hydroxyl groups excluding tert-OH is 1. The van der Waals surface area contributed by atoms with Crippen molar-refractivity contribution in [3.63, 3.8) is 0 Å². The second-order valence-corrected chi connectivity index (χ2v) is 4.42. The van der Waals surface area contributed by atoms with E-state index in [0.29, 0.717) is 6.54 Å². The number of likely N-dealkylation sites (N-methyl/N-ethyl adjacent to an activating group) is 1. The lowest BCUT2D eigenvalue weighted by Crippen LogP contribution is -2.30. The lowest BCUT2D eigenvalue weighted by Gasteiger charge is -2.23. The van der Waals surface area contributed by atoms with Crippen LogP contribution >= 0.6 is 12.4 Å². The Labute approximate surface area is 120 Å². The third kappa shape index (κ3) is 4.06. The van der Waals surface area contributed by atoms with Gasteiger partial charge in [-0.25, -0.2) is 0 Å². The molecule has 0 saturated carbocycles. The molecule has 2 aromatic carbocycles. The van der Waals surface area contributed by atoms with Gasteiger partial charge >= 0.3 is 0 Å². The molecule has 0 saturated heterocycles. The molecule has 0 radical (unpaired) electrons. The number of benzene rings is 2. The number of nitrogens with one attached hydrogen (secondary N) is 1. The quantitative estimate of drug-likeness (QED) is 0.881. The number of hydrogen-bond acceptors (Lipinski definition) is 2. The fourth-order valence-electron chi connectivity index (χ4n) is 2.28. The molecular weight excluding hydrogens is 258 g/mol. The first-order valence-electron chi connectivity index (χ1n) is 6.25. The maximum atomic E-state index is 10.4. The SMILES string of the molecule is CNCC(O)C(c1ccccc1)c1ccccc1.Cl. The van der Waals surface area contributed by atoms with Crippen LogP contribution < -0.4 is 5.32 Å². The summed E-state index contributed by atoms with van der Waals surface area (Å²) in [6.07, 6.45) is -0.431. The molecule has 1 unspecified atom stereocenters. The van der Waals surface area contributed by atoms with Crippen LogP contribution in [0.25, 0.3) is 0 Å². The van der Waals surface area contributed by atoms with Gasteiger partial charge in [-0.05, 0) is 18.2 Å². The van der Waals surface area contributed by atoms with Crippen LogP contribution in [0.4, 0.5) is 0 Å². The zero-order valence-electron chi connectivity index (χ0n) is 11.0. The van der Waals surface area contributed by atoms with Crippen molar-refractivity contribution in [1.29, 1.82) is 0 Å². The van der Waals surface area contributed by atoms with Gasteiger partial charge in [0.1, 0.15) is 0 Å². The Balaban J connectivity index is 0.00000180. The maximum absolute atomic E-state index is 10.4. The highest BCUT2D eigenvalue weighted by Crippen LogP contribution is 2.27. The topological polar surface area (TPSA) is 32.3 Å². The first-order chi connectivity index (χ1) is 8.83. The van der Waals surface area contributed by atoms with Crippen molar-refractivity contribution in [1.82, 2.24) is 5.32 Å². The van der Waals surface area contributed by atoms with Crippen molar-refractivity contribution in [3.05, 3.63) is 71.8 Å². The standard InChI is InChI=1S/C16H19NO.ClH/c1-17-12-15(18)16(13-8-4-2-5-9-13)14-10-6-3-7-11-14;/h2-11,15-18H,12H2,1H3;1H. The first kappa shape index (κ1) is 15.7. The zero-order valence-corrected chi connectivity index (χ0v) is 11.8. The van der Waals surface area contributed by atoms with E-state index < -0.39 is 6.10 Å². The summed E-state index contributed by atoms with van der Waals surface area (Å²) < 4.78 is 0. The average Bonchev–Trinajstić information content (AvgIpc) is 2.42. The predicted molar refractivity (Wildman–Crippen MR) is 81.9 cm³/mol. The Morgan fingerprint density at radius 3 is 1.68 bits per heavy atom. The Bertz CT molecular complexity index is 421. The van der Waals surface area contributed by atoms with Gasteiger partial charge in [0.25, 0.3) is 0 Å². The maximum Gasteiger partial charge on any atom is 0.0773 e. The van der Waals surface area contributed by atoms with E-state index in [-0.39, 0.29) is 18.3 Å². The van der Waals surface area contributed by atoms with Crippen molar-refractivity contribution >= 4 is 12.4 Å². The smallest absolute Gasteiger partial charge is 0.0773 e. The summed E-state index contributed by atoms with van der Waals surface area (Å²) in [5.41, 5.74) is 2.29. The van der Waals surface area contributed by atoms with Gasteiger partial charge in [-0.15, -0.1) is 12.4 Å². The van der Waals surface area contributed by atoms with Crippen LogP contribution in [0.5, 0.6) is 0 Å². The molecule has 0 heterocycles. The van der Waals surface area contributed by atoms with E-state index in [2.05, 4.69) is 29.6 Å². The van der Waals surface area contributed by atoms with Crippen LogP contribution in [0, 0.1) is 0 Å². The van der Waals surface area contributed by atoms with E-state index >= 15 is 0 Å². The van der Waals surface area contributed by atoms with Crippen molar-refractivity contribution < 1.29 is 5.11 Å². The van der Waals surface area contributed by atoms with Crippen molar-refractivity contribution in [2.45, 2.75) is 12.0 Å². The summed E-state index contributed by atoms with van der Waals surface area (Å²) >= 11 is 0. The minimum atomic E-state index is -0.431. The number of hydrogen-bond donors (Lipinski definition) is 2. The van der Waals surface area contributed by atoms with E-state index in [4.69, 9.17) is 0 Å². The molecule has 2 N–H and O–H groups in total. The van der Waals surface area contributed by atoms with Gasteiger partial charge in [0, 0.05) is 12.5 Å². The number of aliphatic hydroxyl groups is 1. The highest BCUT2D eigenvalue weighted by molar-refractivity contribution is 5.85. The minimum Gasteiger partial charge on any atom is -0.391 e. The van der Waals surface area contributed by atoms with Crippen molar-refractivity contribution in [2.75, 3.05) is 13.6 Å². The Kier molecular flexibility index (Phi) is 6.57. The summed E-state index contributed by atoms with van der Waals surface area (Å²) in [6, 6.07) is 20.3. The predicted octanol–water partition coefficient (Wildman–Crippen LogP) is 2.82. The van der Waals surface area contributed by atoms with Gasteiger partial charge in [-0.1, -0.05) is 60.7 Å². The van der Waals surface area contributed by atoms with Gasteiger partial charge in [0.15, 0.2) is 0 Å². The summed E-state index contributed by atoms with van der Waals surface area (Å²) in [7, 11) is 1.86. The Hall–Kier alpha value is -1.35. The molecule has 1 atom stereocenters. The van der Waals surface area contributed by atoms with Crippen LogP contribution in [0.1, 0.15) is 17.0 Å². The first-order valence-corrected chi connectivity index (χ1v) is 6.25. The molecule has 0 aromatic heterocycles.